The number of carbonyl (C=O) groups is 1. The van der Waals surface area contributed by atoms with Crippen LogP contribution in [0.4, 0.5) is 0 Å². The van der Waals surface area contributed by atoms with Gasteiger partial charge >= 0.3 is 5.97 Å². The van der Waals surface area contributed by atoms with Crippen LogP contribution in [0.2, 0.25) is 0 Å². The minimum absolute atomic E-state index is 0.0853. The Bertz CT molecular complexity index is 782. The lowest BCUT2D eigenvalue weighted by Gasteiger charge is -2.41. The molecule has 0 aromatic heterocycles. The summed E-state index contributed by atoms with van der Waals surface area (Å²) >= 11 is 0. The Morgan fingerprint density at radius 1 is 1.14 bits per heavy atom. The fraction of sp³-hybridized carbons (Fsp3) is 0.409. The molecule has 0 unspecified atom stereocenters. The van der Waals surface area contributed by atoms with Gasteiger partial charge in [0.1, 0.15) is 6.04 Å². The van der Waals surface area contributed by atoms with E-state index in [0.29, 0.717) is 19.5 Å². The molecular weight excluding hydrogens is 356 g/mol. The van der Waals surface area contributed by atoms with Crippen molar-refractivity contribution in [2.24, 2.45) is 5.92 Å². The summed E-state index contributed by atoms with van der Waals surface area (Å²) in [5.41, 5.74) is 2.03. The monoisotopic (exact) mass is 382 g/mol. The number of rotatable bonds is 7. The third-order valence-electron chi connectivity index (χ3n) is 5.33. The number of likely N-dealkylation sites (tertiary alicyclic amines) is 1. The van der Waals surface area contributed by atoms with Gasteiger partial charge in [-0.25, -0.2) is 0 Å². The van der Waals surface area contributed by atoms with Gasteiger partial charge in [-0.05, 0) is 31.0 Å². The fourth-order valence-electron chi connectivity index (χ4n) is 4.11. The molecule has 0 N–H and O–H groups in total. The average molecular weight is 382 g/mol. The van der Waals surface area contributed by atoms with Crippen molar-refractivity contribution in [3.8, 4) is 0 Å². The van der Waals surface area contributed by atoms with Crippen LogP contribution in [0, 0.1) is 16.0 Å². The van der Waals surface area contributed by atoms with Crippen LogP contribution in [0.25, 0.3) is 0 Å². The lowest BCUT2D eigenvalue weighted by molar-refractivity contribution is -0.545. The van der Waals surface area contributed by atoms with Crippen molar-refractivity contribution in [1.29, 1.82) is 0 Å². The fourth-order valence-corrected chi connectivity index (χ4v) is 4.11. The predicted octanol–water partition coefficient (Wildman–Crippen LogP) is 3.85. The molecule has 2 aromatic carbocycles. The molecule has 0 radical (unpaired) electrons. The minimum atomic E-state index is -0.857. The Balaban J connectivity index is 1.91. The third-order valence-corrected chi connectivity index (χ3v) is 5.33. The van der Waals surface area contributed by atoms with E-state index in [1.807, 2.05) is 60.7 Å². The van der Waals surface area contributed by atoms with Crippen LogP contribution < -0.4 is 0 Å². The molecule has 1 aliphatic heterocycles. The number of benzene rings is 2. The second-order valence-corrected chi connectivity index (χ2v) is 7.15. The molecule has 28 heavy (non-hydrogen) atoms. The summed E-state index contributed by atoms with van der Waals surface area (Å²) in [4.78, 5) is 26.1. The van der Waals surface area contributed by atoms with E-state index in [4.69, 9.17) is 4.74 Å². The number of piperidine rings is 1. The quantitative estimate of drug-likeness (QED) is 0.413. The van der Waals surface area contributed by atoms with Crippen LogP contribution in [0.5, 0.6) is 0 Å². The number of nitro groups is 1. The van der Waals surface area contributed by atoms with Crippen molar-refractivity contribution in [1.82, 2.24) is 4.90 Å². The molecule has 1 fully saturated rings. The van der Waals surface area contributed by atoms with Crippen LogP contribution in [-0.4, -0.2) is 35.0 Å². The standard InChI is InChI=1S/C22H26N2O4/c1-2-28-20(25)15-19-13-14-23(16-17-9-5-3-6-10-17)21(22(19)24(26)27)18-11-7-4-8-12-18/h3-12,19,21-22H,2,13-16H2,1H3/t19-,21+,22-/m1/s1. The maximum absolute atomic E-state index is 12.1. The van der Waals surface area contributed by atoms with Crippen molar-refractivity contribution in [2.45, 2.75) is 38.4 Å². The summed E-state index contributed by atoms with van der Waals surface area (Å²) < 4.78 is 5.06. The Kier molecular flexibility index (Phi) is 6.76. The smallest absolute Gasteiger partial charge is 0.306 e. The minimum Gasteiger partial charge on any atom is -0.466 e. The van der Waals surface area contributed by atoms with E-state index in [0.717, 1.165) is 11.1 Å². The van der Waals surface area contributed by atoms with Crippen LogP contribution >= 0.6 is 0 Å². The average Bonchev–Trinajstić information content (AvgIpc) is 2.70. The van der Waals surface area contributed by atoms with Crippen LogP contribution in [0.15, 0.2) is 60.7 Å². The normalized spacial score (nSPS) is 22.5. The van der Waals surface area contributed by atoms with Gasteiger partial charge in [0.05, 0.1) is 13.0 Å². The lowest BCUT2D eigenvalue weighted by atomic mass is 9.80. The second-order valence-electron chi connectivity index (χ2n) is 7.15. The highest BCUT2D eigenvalue weighted by atomic mass is 16.6. The highest BCUT2D eigenvalue weighted by molar-refractivity contribution is 5.69. The molecule has 1 saturated heterocycles. The number of hydrogen-bond donors (Lipinski definition) is 0. The van der Waals surface area contributed by atoms with Gasteiger partial charge in [-0.15, -0.1) is 0 Å². The molecule has 2 aromatic rings. The van der Waals surface area contributed by atoms with Gasteiger partial charge in [0.15, 0.2) is 0 Å². The van der Waals surface area contributed by atoms with E-state index in [-0.39, 0.29) is 35.9 Å². The predicted molar refractivity (Wildman–Crippen MR) is 106 cm³/mol. The summed E-state index contributed by atoms with van der Waals surface area (Å²) in [6, 6.07) is 18.3. The largest absolute Gasteiger partial charge is 0.466 e. The first-order valence-electron chi connectivity index (χ1n) is 9.72. The Hall–Kier alpha value is -2.73. The van der Waals surface area contributed by atoms with Crippen molar-refractivity contribution in [3.63, 3.8) is 0 Å². The molecule has 0 aliphatic carbocycles. The first-order chi connectivity index (χ1) is 13.6. The molecule has 0 amide bonds. The van der Waals surface area contributed by atoms with Gasteiger partial charge in [-0.3, -0.25) is 19.8 Å². The lowest BCUT2D eigenvalue weighted by Crippen LogP contribution is -2.50. The molecular formula is C22H26N2O4. The van der Waals surface area contributed by atoms with E-state index in [9.17, 15) is 14.9 Å². The van der Waals surface area contributed by atoms with Crippen molar-refractivity contribution >= 4 is 5.97 Å². The zero-order chi connectivity index (χ0) is 19.9. The molecule has 3 rings (SSSR count). The molecule has 0 bridgehead atoms. The zero-order valence-electron chi connectivity index (χ0n) is 16.1. The van der Waals surface area contributed by atoms with E-state index in [1.54, 1.807) is 6.92 Å². The maximum Gasteiger partial charge on any atom is 0.306 e. The molecule has 3 atom stereocenters. The maximum atomic E-state index is 12.1. The highest BCUT2D eigenvalue weighted by Crippen LogP contribution is 2.38. The Labute approximate surface area is 165 Å². The van der Waals surface area contributed by atoms with E-state index in [2.05, 4.69) is 4.90 Å². The summed E-state index contributed by atoms with van der Waals surface area (Å²) in [5.74, 6) is -0.700. The Morgan fingerprint density at radius 3 is 2.39 bits per heavy atom. The van der Waals surface area contributed by atoms with Crippen molar-refractivity contribution < 1.29 is 14.5 Å². The summed E-state index contributed by atoms with van der Waals surface area (Å²) in [6.45, 7) is 3.37. The zero-order valence-corrected chi connectivity index (χ0v) is 16.1. The highest BCUT2D eigenvalue weighted by Gasteiger charge is 2.47. The third kappa shape index (κ3) is 4.75. The summed E-state index contributed by atoms with van der Waals surface area (Å²) in [5, 5.41) is 12.1. The van der Waals surface area contributed by atoms with Crippen LogP contribution in [-0.2, 0) is 16.1 Å². The van der Waals surface area contributed by atoms with Gasteiger partial charge in [0.2, 0.25) is 6.04 Å². The molecule has 1 aliphatic rings. The molecule has 0 spiro atoms. The first kappa shape index (κ1) is 20.0. The van der Waals surface area contributed by atoms with Gasteiger partial charge < -0.3 is 4.74 Å². The molecule has 0 saturated carbocycles. The number of carbonyl (C=O) groups excluding carboxylic acids is 1. The van der Waals surface area contributed by atoms with Crippen molar-refractivity contribution in [3.05, 3.63) is 81.9 Å². The van der Waals surface area contributed by atoms with Crippen LogP contribution in [0.1, 0.15) is 36.9 Å². The SMILES string of the molecule is CCOC(=O)C[C@H]1CCN(Cc2ccccc2)[C@@H](c2ccccc2)[C@@H]1[N+](=O)[O-]. The van der Waals surface area contributed by atoms with E-state index < -0.39 is 6.04 Å². The molecule has 1 heterocycles. The van der Waals surface area contributed by atoms with Crippen molar-refractivity contribution in [2.75, 3.05) is 13.2 Å². The number of esters is 1. The Morgan fingerprint density at radius 2 is 1.79 bits per heavy atom. The molecule has 6 heteroatoms. The van der Waals surface area contributed by atoms with Gasteiger partial charge in [-0.1, -0.05) is 60.7 Å². The number of ether oxygens (including phenoxy) is 1. The second kappa shape index (κ2) is 9.46. The summed E-state index contributed by atoms with van der Waals surface area (Å²) in [7, 11) is 0. The topological polar surface area (TPSA) is 72.7 Å². The van der Waals surface area contributed by atoms with Gasteiger partial charge in [0, 0.05) is 17.4 Å². The van der Waals surface area contributed by atoms with Gasteiger partial charge in [-0.2, -0.15) is 0 Å². The van der Waals surface area contributed by atoms with E-state index >= 15 is 0 Å². The van der Waals surface area contributed by atoms with E-state index in [1.165, 1.54) is 0 Å². The number of hydrogen-bond acceptors (Lipinski definition) is 5. The summed E-state index contributed by atoms with van der Waals surface area (Å²) in [6.07, 6.45) is 0.683. The molecule has 6 nitrogen and oxygen atoms in total. The first-order valence-corrected chi connectivity index (χ1v) is 9.72. The van der Waals surface area contributed by atoms with Gasteiger partial charge in [0.25, 0.3) is 0 Å². The van der Waals surface area contributed by atoms with Crippen LogP contribution in [0.3, 0.4) is 0 Å². The number of nitrogens with zero attached hydrogens (tertiary/aromatic N) is 2. The molecule has 148 valence electrons.